The summed E-state index contributed by atoms with van der Waals surface area (Å²) in [5.41, 5.74) is 0.636. The van der Waals surface area contributed by atoms with Crippen molar-refractivity contribution in [3.8, 4) is 17.2 Å². The van der Waals surface area contributed by atoms with Gasteiger partial charge in [-0.05, 0) is 49.1 Å². The van der Waals surface area contributed by atoms with E-state index >= 15 is 0 Å². The topological polar surface area (TPSA) is 106 Å². The van der Waals surface area contributed by atoms with E-state index in [1.807, 2.05) is 4.90 Å². The number of anilines is 1. The van der Waals surface area contributed by atoms with Gasteiger partial charge in [0.15, 0.2) is 11.5 Å². The molecule has 0 unspecified atom stereocenters. The molecule has 2 aliphatic rings. The molecule has 2 aromatic carbocycles. The van der Waals surface area contributed by atoms with E-state index in [-0.39, 0.29) is 22.9 Å². The standard InChI is InChI=1S/C25H35N3O7S2/c1-19-6-5-11-28(18-19)37(31,32)20-7-9-23(33-2)22(16-20)26-12-14-27(15-13-26)36(29,30)21-8-10-24(34-3)25(17-21)35-4/h7-10,16-17,19H,5-6,11-15,18H2,1-4H3/t19-/m0/s1. The second-order valence-electron chi connectivity index (χ2n) is 9.35. The van der Waals surface area contributed by atoms with Gasteiger partial charge in [0.25, 0.3) is 0 Å². The molecule has 0 aliphatic carbocycles. The van der Waals surface area contributed by atoms with E-state index in [0.29, 0.717) is 55.0 Å². The minimum absolute atomic E-state index is 0.125. The normalized spacial score (nSPS) is 20.0. The number of nitrogens with zero attached hydrogens (tertiary/aromatic N) is 3. The van der Waals surface area contributed by atoms with Gasteiger partial charge in [0, 0.05) is 45.3 Å². The Morgan fingerprint density at radius 3 is 1.86 bits per heavy atom. The lowest BCUT2D eigenvalue weighted by Crippen LogP contribution is -2.48. The first-order chi connectivity index (χ1) is 17.6. The minimum Gasteiger partial charge on any atom is -0.495 e. The van der Waals surface area contributed by atoms with Gasteiger partial charge in [-0.2, -0.15) is 8.61 Å². The van der Waals surface area contributed by atoms with Crippen molar-refractivity contribution in [2.24, 2.45) is 5.92 Å². The summed E-state index contributed by atoms with van der Waals surface area (Å²) < 4.78 is 72.3. The first-order valence-corrected chi connectivity index (χ1v) is 15.1. The largest absolute Gasteiger partial charge is 0.495 e. The van der Waals surface area contributed by atoms with Crippen molar-refractivity contribution in [2.45, 2.75) is 29.6 Å². The molecule has 1 atom stereocenters. The lowest BCUT2D eigenvalue weighted by Gasteiger charge is -2.36. The van der Waals surface area contributed by atoms with Crippen LogP contribution in [-0.4, -0.2) is 86.0 Å². The van der Waals surface area contributed by atoms with Crippen molar-refractivity contribution in [1.82, 2.24) is 8.61 Å². The van der Waals surface area contributed by atoms with E-state index in [9.17, 15) is 16.8 Å². The van der Waals surface area contributed by atoms with E-state index < -0.39 is 20.0 Å². The van der Waals surface area contributed by atoms with Crippen LogP contribution in [0.15, 0.2) is 46.2 Å². The number of rotatable bonds is 8. The van der Waals surface area contributed by atoms with Gasteiger partial charge in [0.2, 0.25) is 20.0 Å². The Balaban J connectivity index is 1.54. The van der Waals surface area contributed by atoms with E-state index in [2.05, 4.69) is 6.92 Å². The molecule has 0 radical (unpaired) electrons. The number of piperazine rings is 1. The molecule has 0 aromatic heterocycles. The molecule has 37 heavy (non-hydrogen) atoms. The van der Waals surface area contributed by atoms with Gasteiger partial charge in [-0.3, -0.25) is 0 Å². The highest BCUT2D eigenvalue weighted by molar-refractivity contribution is 7.89. The molecule has 10 nitrogen and oxygen atoms in total. The third-order valence-electron chi connectivity index (χ3n) is 6.98. The minimum atomic E-state index is -3.75. The maximum Gasteiger partial charge on any atom is 0.243 e. The van der Waals surface area contributed by atoms with Crippen molar-refractivity contribution in [2.75, 3.05) is 65.5 Å². The second kappa shape index (κ2) is 11.1. The maximum absolute atomic E-state index is 13.4. The molecule has 2 aromatic rings. The van der Waals surface area contributed by atoms with Gasteiger partial charge in [0.05, 0.1) is 36.8 Å². The molecule has 0 amide bonds. The van der Waals surface area contributed by atoms with Crippen LogP contribution in [0.1, 0.15) is 19.8 Å². The number of sulfonamides is 2. The molecule has 4 rings (SSSR count). The molecule has 2 saturated heterocycles. The van der Waals surface area contributed by atoms with Crippen molar-refractivity contribution in [3.63, 3.8) is 0 Å². The summed E-state index contributed by atoms with van der Waals surface area (Å²) in [6, 6.07) is 9.42. The van der Waals surface area contributed by atoms with Crippen LogP contribution in [0.3, 0.4) is 0 Å². The summed E-state index contributed by atoms with van der Waals surface area (Å²) in [5, 5.41) is 0. The highest BCUT2D eigenvalue weighted by Gasteiger charge is 2.32. The number of hydrogen-bond acceptors (Lipinski definition) is 8. The summed E-state index contributed by atoms with van der Waals surface area (Å²) >= 11 is 0. The third kappa shape index (κ3) is 5.52. The monoisotopic (exact) mass is 553 g/mol. The summed E-state index contributed by atoms with van der Waals surface area (Å²) in [7, 11) is -2.91. The van der Waals surface area contributed by atoms with E-state index in [1.54, 1.807) is 28.6 Å². The molecule has 0 spiro atoms. The number of methoxy groups -OCH3 is 3. The molecule has 0 N–H and O–H groups in total. The van der Waals surface area contributed by atoms with Gasteiger partial charge < -0.3 is 19.1 Å². The summed E-state index contributed by atoms with van der Waals surface area (Å²) in [5.74, 6) is 1.66. The van der Waals surface area contributed by atoms with Gasteiger partial charge in [-0.1, -0.05) is 6.92 Å². The van der Waals surface area contributed by atoms with Crippen LogP contribution in [0.4, 0.5) is 5.69 Å². The smallest absolute Gasteiger partial charge is 0.243 e. The lowest BCUT2D eigenvalue weighted by atomic mass is 10.0. The highest BCUT2D eigenvalue weighted by Crippen LogP contribution is 2.35. The molecular weight excluding hydrogens is 518 g/mol. The molecule has 2 fully saturated rings. The predicted octanol–water partition coefficient (Wildman–Crippen LogP) is 2.64. The second-order valence-corrected chi connectivity index (χ2v) is 13.2. The molecule has 0 saturated carbocycles. The van der Waals surface area contributed by atoms with Crippen LogP contribution in [0.5, 0.6) is 17.2 Å². The number of benzene rings is 2. The predicted molar refractivity (Wildman–Crippen MR) is 141 cm³/mol. The third-order valence-corrected chi connectivity index (χ3v) is 10.7. The Morgan fingerprint density at radius 2 is 1.27 bits per heavy atom. The average Bonchev–Trinajstić information content (AvgIpc) is 2.92. The fourth-order valence-electron chi connectivity index (χ4n) is 4.89. The number of ether oxygens (including phenoxy) is 3. The SMILES string of the molecule is COc1ccc(S(=O)(=O)N2CCN(c3cc(S(=O)(=O)N4CCC[C@H](C)C4)ccc3OC)CC2)cc1OC. The molecule has 2 heterocycles. The maximum atomic E-state index is 13.4. The van der Waals surface area contributed by atoms with Crippen molar-refractivity contribution >= 4 is 25.7 Å². The van der Waals surface area contributed by atoms with Crippen LogP contribution < -0.4 is 19.1 Å². The van der Waals surface area contributed by atoms with Crippen LogP contribution in [0.25, 0.3) is 0 Å². The fraction of sp³-hybridized carbons (Fsp3) is 0.520. The van der Waals surface area contributed by atoms with Crippen LogP contribution in [0.2, 0.25) is 0 Å². The van der Waals surface area contributed by atoms with Gasteiger partial charge in [0.1, 0.15) is 5.75 Å². The summed E-state index contributed by atoms with van der Waals surface area (Å²) in [4.78, 5) is 2.31. The van der Waals surface area contributed by atoms with Crippen molar-refractivity contribution in [3.05, 3.63) is 36.4 Å². The Bertz CT molecular complexity index is 1320. The molecule has 2 aliphatic heterocycles. The van der Waals surface area contributed by atoms with E-state index in [1.165, 1.54) is 37.8 Å². The number of piperidine rings is 1. The van der Waals surface area contributed by atoms with Gasteiger partial charge >= 0.3 is 0 Å². The van der Waals surface area contributed by atoms with Crippen molar-refractivity contribution in [1.29, 1.82) is 0 Å². The average molecular weight is 554 g/mol. The van der Waals surface area contributed by atoms with Crippen LogP contribution >= 0.6 is 0 Å². The fourth-order valence-corrected chi connectivity index (χ4v) is 7.94. The van der Waals surface area contributed by atoms with E-state index in [4.69, 9.17) is 14.2 Å². The molecule has 204 valence electrons. The zero-order valence-corrected chi connectivity index (χ0v) is 23.3. The van der Waals surface area contributed by atoms with Crippen LogP contribution in [0, 0.1) is 5.92 Å². The zero-order chi connectivity index (χ0) is 26.8. The Labute approximate surface area is 219 Å². The Kier molecular flexibility index (Phi) is 8.22. The molecule has 0 bridgehead atoms. The lowest BCUT2D eigenvalue weighted by molar-refractivity contribution is 0.281. The molecule has 12 heteroatoms. The summed E-state index contributed by atoms with van der Waals surface area (Å²) in [6.45, 7) is 4.33. The quantitative estimate of drug-likeness (QED) is 0.491. The zero-order valence-electron chi connectivity index (χ0n) is 21.7. The number of hydrogen-bond donors (Lipinski definition) is 0. The first kappa shape index (κ1) is 27.5. The highest BCUT2D eigenvalue weighted by atomic mass is 32.2. The van der Waals surface area contributed by atoms with Crippen molar-refractivity contribution < 1.29 is 31.0 Å². The Morgan fingerprint density at radius 1 is 0.703 bits per heavy atom. The van der Waals surface area contributed by atoms with Crippen LogP contribution in [-0.2, 0) is 20.0 Å². The first-order valence-electron chi connectivity index (χ1n) is 12.3. The Hall–Kier alpha value is -2.54. The van der Waals surface area contributed by atoms with Gasteiger partial charge in [-0.15, -0.1) is 0 Å². The summed E-state index contributed by atoms with van der Waals surface area (Å²) in [6.07, 6.45) is 1.87. The van der Waals surface area contributed by atoms with Gasteiger partial charge in [-0.25, -0.2) is 16.8 Å². The van der Waals surface area contributed by atoms with E-state index in [0.717, 1.165) is 12.8 Å². The molecular formula is C25H35N3O7S2.